The van der Waals surface area contributed by atoms with Crippen molar-refractivity contribution in [3.05, 3.63) is 47.2 Å². The molecule has 2 heterocycles. The standard InChI is InChI=1S/C16H16N4O2S/c1-10-13(17-11(2)21)4-3-5-14(10)19-15(22)8-12-9-20-6-7-23-16(20)18-12/h3-7,9H,8H2,1-2H3,(H,17,21)(H,19,22). The zero-order valence-electron chi connectivity index (χ0n) is 12.8. The van der Waals surface area contributed by atoms with Crippen molar-refractivity contribution < 1.29 is 9.59 Å². The molecular weight excluding hydrogens is 312 g/mol. The molecule has 0 aliphatic rings. The van der Waals surface area contributed by atoms with Crippen LogP contribution in [0.1, 0.15) is 18.2 Å². The summed E-state index contributed by atoms with van der Waals surface area (Å²) >= 11 is 1.53. The maximum atomic E-state index is 12.2. The third-order valence-electron chi connectivity index (χ3n) is 3.40. The summed E-state index contributed by atoms with van der Waals surface area (Å²) in [7, 11) is 0. The summed E-state index contributed by atoms with van der Waals surface area (Å²) in [6.45, 7) is 3.31. The maximum Gasteiger partial charge on any atom is 0.230 e. The smallest absolute Gasteiger partial charge is 0.230 e. The SMILES string of the molecule is CC(=O)Nc1cccc(NC(=O)Cc2cn3ccsc3n2)c1C. The third kappa shape index (κ3) is 3.40. The lowest BCUT2D eigenvalue weighted by molar-refractivity contribution is -0.116. The highest BCUT2D eigenvalue weighted by Crippen LogP contribution is 2.23. The second-order valence-corrected chi connectivity index (χ2v) is 6.08. The van der Waals surface area contributed by atoms with Crippen LogP contribution >= 0.6 is 11.3 Å². The Morgan fingerprint density at radius 1 is 1.26 bits per heavy atom. The molecule has 6 nitrogen and oxygen atoms in total. The van der Waals surface area contributed by atoms with E-state index in [9.17, 15) is 9.59 Å². The topological polar surface area (TPSA) is 75.5 Å². The van der Waals surface area contributed by atoms with E-state index in [4.69, 9.17) is 0 Å². The Labute approximate surface area is 137 Å². The predicted octanol–water partition coefficient (Wildman–Crippen LogP) is 2.84. The molecule has 7 heteroatoms. The fraction of sp³-hybridized carbons (Fsp3) is 0.188. The maximum absolute atomic E-state index is 12.2. The van der Waals surface area contributed by atoms with E-state index in [0.29, 0.717) is 11.4 Å². The van der Waals surface area contributed by atoms with Crippen LogP contribution in [0.3, 0.4) is 0 Å². The molecule has 0 spiro atoms. The minimum absolute atomic E-state index is 0.140. The molecule has 2 aromatic heterocycles. The van der Waals surface area contributed by atoms with Crippen LogP contribution in [0.4, 0.5) is 11.4 Å². The van der Waals surface area contributed by atoms with Gasteiger partial charge in [-0.05, 0) is 24.6 Å². The Morgan fingerprint density at radius 2 is 2.00 bits per heavy atom. The molecule has 0 unspecified atom stereocenters. The number of carbonyl (C=O) groups excluding carboxylic acids is 2. The minimum Gasteiger partial charge on any atom is -0.326 e. The minimum atomic E-state index is -0.144. The van der Waals surface area contributed by atoms with Gasteiger partial charge in [0.05, 0.1) is 12.1 Å². The molecular formula is C16H16N4O2S. The lowest BCUT2D eigenvalue weighted by Gasteiger charge is -2.12. The number of rotatable bonds is 4. The summed E-state index contributed by atoms with van der Waals surface area (Å²) in [6, 6.07) is 5.40. The average Bonchev–Trinajstić information content (AvgIpc) is 3.03. The molecule has 23 heavy (non-hydrogen) atoms. The number of hydrogen-bond donors (Lipinski definition) is 2. The second kappa shape index (κ2) is 6.21. The third-order valence-corrected chi connectivity index (χ3v) is 4.17. The van der Waals surface area contributed by atoms with E-state index in [0.717, 1.165) is 16.2 Å². The Morgan fingerprint density at radius 3 is 2.70 bits per heavy atom. The summed E-state index contributed by atoms with van der Waals surface area (Å²) in [5, 5.41) is 7.57. The largest absolute Gasteiger partial charge is 0.326 e. The van der Waals surface area contributed by atoms with E-state index in [2.05, 4.69) is 15.6 Å². The van der Waals surface area contributed by atoms with Crippen molar-refractivity contribution in [2.24, 2.45) is 0 Å². The molecule has 0 saturated carbocycles. The molecule has 0 fully saturated rings. The van der Waals surface area contributed by atoms with Crippen LogP contribution < -0.4 is 10.6 Å². The summed E-state index contributed by atoms with van der Waals surface area (Å²) < 4.78 is 1.90. The van der Waals surface area contributed by atoms with Crippen molar-refractivity contribution in [1.29, 1.82) is 0 Å². The summed E-state index contributed by atoms with van der Waals surface area (Å²) in [5.41, 5.74) is 2.92. The van der Waals surface area contributed by atoms with Crippen molar-refractivity contribution in [1.82, 2.24) is 9.38 Å². The lowest BCUT2D eigenvalue weighted by Crippen LogP contribution is -2.16. The van der Waals surface area contributed by atoms with E-state index in [1.807, 2.05) is 35.2 Å². The van der Waals surface area contributed by atoms with Gasteiger partial charge in [0.2, 0.25) is 11.8 Å². The Kier molecular flexibility index (Phi) is 4.12. The first-order valence-corrected chi connectivity index (χ1v) is 7.99. The van der Waals surface area contributed by atoms with Gasteiger partial charge in [0.1, 0.15) is 0 Å². The highest BCUT2D eigenvalue weighted by Gasteiger charge is 2.11. The van der Waals surface area contributed by atoms with Gasteiger partial charge in [0, 0.05) is 36.1 Å². The van der Waals surface area contributed by atoms with E-state index in [1.165, 1.54) is 18.3 Å². The first kappa shape index (κ1) is 15.2. The molecule has 0 aliphatic carbocycles. The molecule has 118 valence electrons. The number of imidazole rings is 1. The summed E-state index contributed by atoms with van der Waals surface area (Å²) in [6.07, 6.45) is 3.97. The Balaban J connectivity index is 1.72. The molecule has 2 N–H and O–H groups in total. The number of hydrogen-bond acceptors (Lipinski definition) is 4. The summed E-state index contributed by atoms with van der Waals surface area (Å²) in [4.78, 5) is 28.7. The van der Waals surface area contributed by atoms with E-state index in [1.54, 1.807) is 12.1 Å². The van der Waals surface area contributed by atoms with Gasteiger partial charge >= 0.3 is 0 Å². The number of nitrogens with one attached hydrogen (secondary N) is 2. The van der Waals surface area contributed by atoms with Gasteiger partial charge in [-0.2, -0.15) is 0 Å². The van der Waals surface area contributed by atoms with Gasteiger partial charge in [-0.1, -0.05) is 6.07 Å². The van der Waals surface area contributed by atoms with Gasteiger partial charge in [-0.3, -0.25) is 14.0 Å². The van der Waals surface area contributed by atoms with Gasteiger partial charge in [0.15, 0.2) is 4.96 Å². The molecule has 1 aromatic carbocycles. The van der Waals surface area contributed by atoms with Gasteiger partial charge in [0.25, 0.3) is 0 Å². The number of benzene rings is 1. The van der Waals surface area contributed by atoms with Crippen LogP contribution in [0.2, 0.25) is 0 Å². The molecule has 0 atom stereocenters. The van der Waals surface area contributed by atoms with Gasteiger partial charge in [-0.15, -0.1) is 11.3 Å². The number of thiazole rings is 1. The van der Waals surface area contributed by atoms with Gasteiger partial charge < -0.3 is 10.6 Å². The quantitative estimate of drug-likeness (QED) is 0.773. The van der Waals surface area contributed by atoms with Crippen LogP contribution in [0, 0.1) is 6.92 Å². The summed E-state index contributed by atoms with van der Waals surface area (Å²) in [5.74, 6) is -0.284. The highest BCUT2D eigenvalue weighted by atomic mass is 32.1. The molecule has 0 aliphatic heterocycles. The first-order valence-electron chi connectivity index (χ1n) is 7.11. The number of carbonyl (C=O) groups is 2. The van der Waals surface area contributed by atoms with Crippen LogP contribution in [0.5, 0.6) is 0 Å². The van der Waals surface area contributed by atoms with Crippen LogP contribution in [-0.2, 0) is 16.0 Å². The van der Waals surface area contributed by atoms with E-state index in [-0.39, 0.29) is 18.2 Å². The van der Waals surface area contributed by atoms with Crippen molar-refractivity contribution >= 4 is 39.5 Å². The van der Waals surface area contributed by atoms with Crippen LogP contribution in [-0.4, -0.2) is 21.2 Å². The predicted molar refractivity (Wildman–Crippen MR) is 90.9 cm³/mol. The number of fused-ring (bicyclic) bond motifs is 1. The highest BCUT2D eigenvalue weighted by molar-refractivity contribution is 7.15. The fourth-order valence-electron chi connectivity index (χ4n) is 2.32. The van der Waals surface area contributed by atoms with E-state index < -0.39 is 0 Å². The fourth-order valence-corrected chi connectivity index (χ4v) is 3.04. The zero-order valence-corrected chi connectivity index (χ0v) is 13.6. The number of anilines is 2. The monoisotopic (exact) mass is 328 g/mol. The zero-order chi connectivity index (χ0) is 16.4. The van der Waals surface area contributed by atoms with Crippen molar-refractivity contribution in [2.75, 3.05) is 10.6 Å². The molecule has 3 rings (SSSR count). The Bertz CT molecular complexity index is 853. The van der Waals surface area contributed by atoms with Crippen molar-refractivity contribution in [3.8, 4) is 0 Å². The molecule has 0 saturated heterocycles. The molecule has 0 radical (unpaired) electrons. The normalized spacial score (nSPS) is 10.7. The van der Waals surface area contributed by atoms with Crippen molar-refractivity contribution in [2.45, 2.75) is 20.3 Å². The molecule has 0 bridgehead atoms. The van der Waals surface area contributed by atoms with Gasteiger partial charge in [-0.25, -0.2) is 4.98 Å². The first-order chi connectivity index (χ1) is 11.0. The second-order valence-electron chi connectivity index (χ2n) is 5.21. The number of amides is 2. The lowest BCUT2D eigenvalue weighted by atomic mass is 10.1. The average molecular weight is 328 g/mol. The van der Waals surface area contributed by atoms with Crippen LogP contribution in [0.15, 0.2) is 36.0 Å². The van der Waals surface area contributed by atoms with Crippen molar-refractivity contribution in [3.63, 3.8) is 0 Å². The van der Waals surface area contributed by atoms with Crippen LogP contribution in [0.25, 0.3) is 4.96 Å². The van der Waals surface area contributed by atoms with E-state index >= 15 is 0 Å². The Hall–Kier alpha value is -2.67. The number of aromatic nitrogens is 2. The molecule has 3 aromatic rings. The number of nitrogens with zero attached hydrogens (tertiary/aromatic N) is 2. The molecule has 2 amide bonds.